The number of amides is 1. The molecule has 0 radical (unpaired) electrons. The minimum absolute atomic E-state index is 0.115. The van der Waals surface area contributed by atoms with Crippen molar-refractivity contribution in [2.45, 2.75) is 31.8 Å². The van der Waals surface area contributed by atoms with Crippen molar-refractivity contribution in [3.8, 4) is 5.75 Å². The van der Waals surface area contributed by atoms with Crippen LogP contribution in [0.15, 0.2) is 110 Å². The maximum atomic E-state index is 13.6. The Morgan fingerprint density at radius 1 is 0.822 bits per heavy atom. The Kier molecular flexibility index (Phi) is 7.80. The highest BCUT2D eigenvalue weighted by molar-refractivity contribution is 5.86. The number of nitrogens with zero attached hydrogens (tertiary/aromatic N) is 4. The van der Waals surface area contributed by atoms with E-state index < -0.39 is 6.04 Å². The molecule has 45 heavy (non-hydrogen) atoms. The summed E-state index contributed by atoms with van der Waals surface area (Å²) < 4.78 is 7.55. The zero-order valence-corrected chi connectivity index (χ0v) is 24.9. The quantitative estimate of drug-likeness (QED) is 0.172. The Morgan fingerprint density at radius 3 is 2.31 bits per heavy atom. The smallest absolute Gasteiger partial charge is 0.225 e. The van der Waals surface area contributed by atoms with Crippen LogP contribution in [0.1, 0.15) is 39.9 Å². The molecule has 0 aliphatic rings. The molecule has 0 saturated heterocycles. The van der Waals surface area contributed by atoms with E-state index in [-0.39, 0.29) is 12.3 Å². The average molecular weight is 596 g/mol. The van der Waals surface area contributed by atoms with E-state index >= 15 is 0 Å². The first-order valence-corrected chi connectivity index (χ1v) is 15.0. The number of para-hydroxylation sites is 2. The van der Waals surface area contributed by atoms with Gasteiger partial charge in [0.25, 0.3) is 0 Å². The Bertz CT molecular complexity index is 2060. The monoisotopic (exact) mass is 595 g/mol. The molecule has 4 heterocycles. The second-order valence-corrected chi connectivity index (χ2v) is 11.1. The average Bonchev–Trinajstić information content (AvgIpc) is 3.81. The Morgan fingerprint density at radius 2 is 1.53 bits per heavy atom. The number of hydrogen-bond donors (Lipinski definition) is 3. The number of pyridine rings is 1. The van der Waals surface area contributed by atoms with Crippen LogP contribution in [0.5, 0.6) is 5.75 Å². The highest BCUT2D eigenvalue weighted by atomic mass is 16.5. The van der Waals surface area contributed by atoms with E-state index in [0.717, 1.165) is 51.1 Å². The number of ether oxygens (including phenoxy) is 1. The van der Waals surface area contributed by atoms with E-state index in [9.17, 15) is 4.79 Å². The number of methoxy groups -OCH3 is 1. The number of aromatic amines is 2. The number of H-pyrrole nitrogens is 2. The third-order valence-electron chi connectivity index (χ3n) is 8.26. The van der Waals surface area contributed by atoms with Crippen LogP contribution in [-0.4, -0.2) is 42.7 Å². The Balaban J connectivity index is 1.28. The molecule has 9 nitrogen and oxygen atoms in total. The predicted octanol–water partition coefficient (Wildman–Crippen LogP) is 5.93. The molecular weight excluding hydrogens is 562 g/mol. The topological polar surface area (TPSA) is 114 Å². The van der Waals surface area contributed by atoms with Gasteiger partial charge in [-0.15, -0.1) is 10.2 Å². The molecule has 0 aliphatic heterocycles. The normalized spacial score (nSPS) is 12.0. The van der Waals surface area contributed by atoms with Gasteiger partial charge >= 0.3 is 0 Å². The van der Waals surface area contributed by atoms with Crippen LogP contribution in [0.3, 0.4) is 0 Å². The third kappa shape index (κ3) is 5.92. The molecule has 3 aromatic carbocycles. The van der Waals surface area contributed by atoms with E-state index in [1.807, 2.05) is 54.7 Å². The van der Waals surface area contributed by atoms with Crippen molar-refractivity contribution < 1.29 is 9.53 Å². The molecule has 224 valence electrons. The summed E-state index contributed by atoms with van der Waals surface area (Å²) in [5, 5.41) is 15.0. The third-order valence-corrected chi connectivity index (χ3v) is 8.26. The van der Waals surface area contributed by atoms with Gasteiger partial charge in [-0.2, -0.15) is 0 Å². The number of aromatic nitrogens is 6. The number of benzene rings is 3. The fourth-order valence-electron chi connectivity index (χ4n) is 5.93. The number of nitrogens with one attached hydrogen (secondary N) is 3. The second-order valence-electron chi connectivity index (χ2n) is 11.1. The summed E-state index contributed by atoms with van der Waals surface area (Å²) in [6.45, 7) is 0.536. The molecule has 7 rings (SSSR count). The summed E-state index contributed by atoms with van der Waals surface area (Å²) in [6.07, 6.45) is 9.12. The van der Waals surface area contributed by atoms with Crippen LogP contribution in [0.2, 0.25) is 0 Å². The summed E-state index contributed by atoms with van der Waals surface area (Å²) in [5.74, 6) is 2.20. The molecule has 7 aromatic rings. The minimum atomic E-state index is -0.539. The number of hydrogen-bond acceptors (Lipinski definition) is 5. The van der Waals surface area contributed by atoms with Crippen molar-refractivity contribution >= 4 is 27.7 Å². The van der Waals surface area contributed by atoms with E-state index in [1.54, 1.807) is 19.5 Å². The van der Waals surface area contributed by atoms with Gasteiger partial charge in [-0.25, -0.2) is 0 Å². The molecule has 0 saturated carbocycles. The molecule has 3 N–H and O–H groups in total. The number of carbonyl (C=O) groups excluding carboxylic acids is 1. The number of aryl methyl sites for hydroxylation is 2. The molecule has 0 unspecified atom stereocenters. The number of rotatable bonds is 11. The van der Waals surface area contributed by atoms with Gasteiger partial charge in [0.2, 0.25) is 5.91 Å². The Labute approximate surface area is 260 Å². The molecule has 0 spiro atoms. The van der Waals surface area contributed by atoms with Gasteiger partial charge in [0.05, 0.1) is 20.1 Å². The first kappa shape index (κ1) is 28.1. The van der Waals surface area contributed by atoms with Crippen LogP contribution in [-0.2, 0) is 30.6 Å². The zero-order valence-electron chi connectivity index (χ0n) is 24.9. The van der Waals surface area contributed by atoms with E-state index in [2.05, 4.69) is 67.4 Å². The van der Waals surface area contributed by atoms with Crippen molar-refractivity contribution in [3.63, 3.8) is 0 Å². The molecular formula is C36H33N7O2. The largest absolute Gasteiger partial charge is 0.497 e. The highest BCUT2D eigenvalue weighted by Gasteiger charge is 2.27. The zero-order chi connectivity index (χ0) is 30.6. The summed E-state index contributed by atoms with van der Waals surface area (Å²) in [7, 11) is 1.66. The van der Waals surface area contributed by atoms with Gasteiger partial charge in [0.15, 0.2) is 5.82 Å². The van der Waals surface area contributed by atoms with Gasteiger partial charge in [-0.05, 0) is 59.5 Å². The van der Waals surface area contributed by atoms with Gasteiger partial charge in [0.1, 0.15) is 17.6 Å². The van der Waals surface area contributed by atoms with Crippen molar-refractivity contribution in [2.75, 3.05) is 7.11 Å². The predicted molar refractivity (Wildman–Crippen MR) is 174 cm³/mol. The SMILES string of the molecule is COc1ccc(Cn2c(CCc3c[nH]c4ccccc34)nnc2[C@H](NC(=O)Cc2ccncc2)c2c[nH]c3ccccc23)cc1. The Hall–Kier alpha value is -5.70. The van der Waals surface area contributed by atoms with E-state index in [1.165, 1.54) is 10.9 Å². The van der Waals surface area contributed by atoms with Crippen molar-refractivity contribution in [1.29, 1.82) is 0 Å². The van der Waals surface area contributed by atoms with Crippen molar-refractivity contribution in [1.82, 2.24) is 35.0 Å². The van der Waals surface area contributed by atoms with E-state index in [0.29, 0.717) is 18.8 Å². The minimum Gasteiger partial charge on any atom is -0.497 e. The lowest BCUT2D eigenvalue weighted by Crippen LogP contribution is -2.32. The first-order chi connectivity index (χ1) is 22.2. The maximum absolute atomic E-state index is 13.6. The summed E-state index contributed by atoms with van der Waals surface area (Å²) in [6, 6.07) is 27.6. The van der Waals surface area contributed by atoms with Crippen LogP contribution < -0.4 is 10.1 Å². The van der Waals surface area contributed by atoms with E-state index in [4.69, 9.17) is 14.9 Å². The second kappa shape index (κ2) is 12.5. The fourth-order valence-corrected chi connectivity index (χ4v) is 5.93. The van der Waals surface area contributed by atoms with Gasteiger partial charge in [-0.3, -0.25) is 9.78 Å². The van der Waals surface area contributed by atoms with Crippen LogP contribution >= 0.6 is 0 Å². The molecule has 9 heteroatoms. The van der Waals surface area contributed by atoms with Crippen LogP contribution in [0.25, 0.3) is 21.8 Å². The lowest BCUT2D eigenvalue weighted by Gasteiger charge is -2.20. The maximum Gasteiger partial charge on any atom is 0.225 e. The van der Waals surface area contributed by atoms with Gasteiger partial charge in [0, 0.05) is 58.6 Å². The summed E-state index contributed by atoms with van der Waals surface area (Å²) in [5.41, 5.74) is 6.22. The number of carbonyl (C=O) groups is 1. The summed E-state index contributed by atoms with van der Waals surface area (Å²) >= 11 is 0. The van der Waals surface area contributed by atoms with Crippen LogP contribution in [0.4, 0.5) is 0 Å². The molecule has 0 fully saturated rings. The molecule has 0 bridgehead atoms. The summed E-state index contributed by atoms with van der Waals surface area (Å²) in [4.78, 5) is 24.4. The highest BCUT2D eigenvalue weighted by Crippen LogP contribution is 2.30. The van der Waals surface area contributed by atoms with Gasteiger partial charge in [-0.1, -0.05) is 48.5 Å². The van der Waals surface area contributed by atoms with Crippen LogP contribution in [0, 0.1) is 0 Å². The lowest BCUT2D eigenvalue weighted by molar-refractivity contribution is -0.121. The first-order valence-electron chi connectivity index (χ1n) is 15.0. The molecule has 0 aliphatic carbocycles. The van der Waals surface area contributed by atoms with Crippen molar-refractivity contribution in [3.05, 3.63) is 144 Å². The lowest BCUT2D eigenvalue weighted by atomic mass is 10.0. The standard InChI is InChI=1S/C36H33N7O2/c1-45-27-13-10-25(11-14-27)23-43-33(15-12-26-21-38-31-8-4-2-6-28(26)31)41-42-36(43)35(30-22-39-32-9-5-3-7-29(30)32)40-34(44)20-24-16-18-37-19-17-24/h2-11,13-14,16-19,21-22,35,38-39H,12,15,20,23H2,1H3,(H,40,44)/t35-/m1/s1. The van der Waals surface area contributed by atoms with Gasteiger partial charge < -0.3 is 24.6 Å². The fraction of sp³-hybridized carbons (Fsp3) is 0.167. The molecule has 1 atom stereocenters. The van der Waals surface area contributed by atoms with Crippen molar-refractivity contribution in [2.24, 2.45) is 0 Å². The molecule has 1 amide bonds. The molecule has 4 aromatic heterocycles. The number of fused-ring (bicyclic) bond motifs is 2.